The second-order valence-electron chi connectivity index (χ2n) is 5.74. The molecule has 1 N–H and O–H groups in total. The van der Waals surface area contributed by atoms with E-state index in [2.05, 4.69) is 16.9 Å². The minimum Gasteiger partial charge on any atom is -0.304 e. The molecule has 25 heavy (non-hydrogen) atoms. The molecule has 2 heterocycles. The summed E-state index contributed by atoms with van der Waals surface area (Å²) in [6, 6.07) is 7.63. The van der Waals surface area contributed by atoms with Crippen LogP contribution >= 0.6 is 0 Å². The molecule has 0 bridgehead atoms. The molecule has 0 aliphatic carbocycles. The fourth-order valence-electron chi connectivity index (χ4n) is 3.00. The molecule has 0 fully saturated rings. The molecule has 0 saturated carbocycles. The number of aromatic nitrogens is 4. The second-order valence-corrected chi connectivity index (χ2v) is 5.74. The number of nitrogens with one attached hydrogen (secondary N) is 1. The molecule has 3 aromatic rings. The van der Waals surface area contributed by atoms with Gasteiger partial charge in [0, 0.05) is 13.1 Å². The van der Waals surface area contributed by atoms with Crippen LogP contribution in [-0.2, 0) is 19.5 Å². The minimum absolute atomic E-state index is 0.125. The van der Waals surface area contributed by atoms with Gasteiger partial charge < -0.3 is 4.98 Å². The lowest BCUT2D eigenvalue weighted by atomic mass is 10.1. The molecule has 2 aromatic heterocycles. The number of aromatic amines is 1. The van der Waals surface area contributed by atoms with Gasteiger partial charge in [0.05, 0.1) is 5.69 Å². The number of H-pyrrole nitrogens is 1. The molecule has 7 nitrogen and oxygen atoms in total. The molecule has 0 unspecified atom stereocenters. The van der Waals surface area contributed by atoms with Crippen molar-refractivity contribution in [3.05, 3.63) is 61.2 Å². The first-order chi connectivity index (χ1) is 12.0. The van der Waals surface area contributed by atoms with E-state index in [0.29, 0.717) is 17.8 Å². The van der Waals surface area contributed by atoms with Crippen LogP contribution in [0.4, 0.5) is 0 Å². The summed E-state index contributed by atoms with van der Waals surface area (Å²) in [6.07, 6.45) is 0.895. The van der Waals surface area contributed by atoms with E-state index >= 15 is 0 Å². The molecular weight excluding hydrogens is 320 g/mol. The number of benzene rings is 1. The fourth-order valence-corrected chi connectivity index (χ4v) is 3.00. The number of hydrogen-bond donors (Lipinski definition) is 1. The second kappa shape index (κ2) is 6.51. The van der Waals surface area contributed by atoms with Crippen molar-refractivity contribution in [2.45, 2.75) is 40.3 Å². The van der Waals surface area contributed by atoms with Gasteiger partial charge in [-0.2, -0.15) is 4.98 Å². The van der Waals surface area contributed by atoms with Gasteiger partial charge in [-0.05, 0) is 31.4 Å². The molecule has 3 rings (SSSR count). The third-order valence-corrected chi connectivity index (χ3v) is 4.37. The highest BCUT2D eigenvalue weighted by atomic mass is 16.2. The Kier molecular flexibility index (Phi) is 4.39. The molecule has 0 radical (unpaired) electrons. The molecular formula is C18H20N4O3. The maximum atomic E-state index is 12.9. The van der Waals surface area contributed by atoms with E-state index in [1.807, 2.05) is 24.3 Å². The zero-order chi connectivity index (χ0) is 18.1. The fraction of sp³-hybridized carbons (Fsp3) is 0.333. The third kappa shape index (κ3) is 2.71. The van der Waals surface area contributed by atoms with Crippen LogP contribution in [0.1, 0.15) is 26.3 Å². The van der Waals surface area contributed by atoms with Gasteiger partial charge in [-0.3, -0.25) is 13.9 Å². The van der Waals surface area contributed by atoms with Crippen LogP contribution in [0.5, 0.6) is 0 Å². The van der Waals surface area contributed by atoms with Crippen molar-refractivity contribution in [1.82, 2.24) is 19.1 Å². The molecule has 0 saturated heterocycles. The molecule has 0 spiro atoms. The van der Waals surface area contributed by atoms with Crippen LogP contribution in [0.3, 0.4) is 0 Å². The predicted molar refractivity (Wildman–Crippen MR) is 97.0 cm³/mol. The van der Waals surface area contributed by atoms with Crippen molar-refractivity contribution in [2.75, 3.05) is 0 Å². The van der Waals surface area contributed by atoms with Gasteiger partial charge in [0.2, 0.25) is 0 Å². The van der Waals surface area contributed by atoms with Gasteiger partial charge in [0.15, 0.2) is 5.65 Å². The zero-order valence-corrected chi connectivity index (χ0v) is 14.5. The molecule has 7 heteroatoms. The third-order valence-electron chi connectivity index (χ3n) is 4.37. The Bertz CT molecular complexity index is 1100. The first-order valence-corrected chi connectivity index (χ1v) is 8.38. The number of rotatable bonds is 4. The zero-order valence-electron chi connectivity index (χ0n) is 14.5. The monoisotopic (exact) mass is 340 g/mol. The Balaban J connectivity index is 2.49. The predicted octanol–water partition coefficient (Wildman–Crippen LogP) is 1.52. The number of nitrogens with zero attached hydrogens (tertiary/aromatic N) is 3. The highest BCUT2D eigenvalue weighted by molar-refractivity contribution is 5.89. The Labute approximate surface area is 143 Å². The Morgan fingerprint density at radius 1 is 0.960 bits per heavy atom. The van der Waals surface area contributed by atoms with Gasteiger partial charge in [0.1, 0.15) is 5.39 Å². The van der Waals surface area contributed by atoms with E-state index in [0.717, 1.165) is 16.6 Å². The summed E-state index contributed by atoms with van der Waals surface area (Å²) in [5, 5.41) is 0.257. The summed E-state index contributed by atoms with van der Waals surface area (Å²) in [5.41, 5.74) is 0.909. The number of hydrogen-bond acceptors (Lipinski definition) is 4. The molecule has 1 aromatic carbocycles. The van der Waals surface area contributed by atoms with Crippen LogP contribution in [-0.4, -0.2) is 19.1 Å². The van der Waals surface area contributed by atoms with Gasteiger partial charge >= 0.3 is 11.4 Å². The van der Waals surface area contributed by atoms with E-state index in [1.54, 1.807) is 13.8 Å². The van der Waals surface area contributed by atoms with Crippen molar-refractivity contribution in [2.24, 2.45) is 0 Å². The van der Waals surface area contributed by atoms with Gasteiger partial charge in [0.25, 0.3) is 5.56 Å². The van der Waals surface area contributed by atoms with Crippen molar-refractivity contribution < 1.29 is 0 Å². The average molecular weight is 340 g/mol. The Morgan fingerprint density at radius 3 is 2.16 bits per heavy atom. The van der Waals surface area contributed by atoms with Crippen LogP contribution < -0.4 is 16.9 Å². The molecule has 0 aliphatic rings. The summed E-state index contributed by atoms with van der Waals surface area (Å²) in [6.45, 7) is 6.15. The topological polar surface area (TPSA) is 89.8 Å². The van der Waals surface area contributed by atoms with E-state index in [9.17, 15) is 14.4 Å². The van der Waals surface area contributed by atoms with Gasteiger partial charge in [-0.25, -0.2) is 9.59 Å². The summed E-state index contributed by atoms with van der Waals surface area (Å²) in [5.74, 6) is 0. The standard InChI is InChI=1S/C18H20N4O3/c1-4-11-7-9-12(10-8-11)14-13-15(20-17(24)19-14)21(5-2)18(25)22(6-3)16(13)23/h7-10H,4-6H2,1-3H3,(H,19,20,24). The largest absolute Gasteiger partial charge is 0.347 e. The van der Waals surface area contributed by atoms with Gasteiger partial charge in [-0.15, -0.1) is 0 Å². The quantitative estimate of drug-likeness (QED) is 0.780. The molecule has 0 atom stereocenters. The van der Waals surface area contributed by atoms with Gasteiger partial charge in [-0.1, -0.05) is 31.2 Å². The first kappa shape index (κ1) is 16.9. The van der Waals surface area contributed by atoms with E-state index in [4.69, 9.17) is 0 Å². The smallest absolute Gasteiger partial charge is 0.304 e. The summed E-state index contributed by atoms with van der Waals surface area (Å²) in [4.78, 5) is 44.0. The summed E-state index contributed by atoms with van der Waals surface area (Å²) in [7, 11) is 0. The van der Waals surface area contributed by atoms with Crippen molar-refractivity contribution >= 4 is 11.0 Å². The Morgan fingerprint density at radius 2 is 1.60 bits per heavy atom. The van der Waals surface area contributed by atoms with Crippen molar-refractivity contribution in [1.29, 1.82) is 0 Å². The number of fused-ring (bicyclic) bond motifs is 1. The molecule has 0 amide bonds. The molecule has 0 aliphatic heterocycles. The highest BCUT2D eigenvalue weighted by Gasteiger charge is 2.18. The maximum absolute atomic E-state index is 12.9. The van der Waals surface area contributed by atoms with Crippen molar-refractivity contribution in [3.8, 4) is 11.3 Å². The first-order valence-electron chi connectivity index (χ1n) is 8.38. The van der Waals surface area contributed by atoms with Crippen molar-refractivity contribution in [3.63, 3.8) is 0 Å². The van der Waals surface area contributed by atoms with E-state index < -0.39 is 16.9 Å². The van der Waals surface area contributed by atoms with Crippen LogP contribution in [0.15, 0.2) is 38.6 Å². The lowest BCUT2D eigenvalue weighted by molar-refractivity contribution is 0.604. The van der Waals surface area contributed by atoms with Crippen LogP contribution in [0, 0.1) is 0 Å². The Hall–Kier alpha value is -2.96. The van der Waals surface area contributed by atoms with E-state index in [1.165, 1.54) is 4.57 Å². The minimum atomic E-state index is -0.586. The maximum Gasteiger partial charge on any atom is 0.347 e. The lowest BCUT2D eigenvalue weighted by Crippen LogP contribution is -2.41. The number of aryl methyl sites for hydroxylation is 2. The van der Waals surface area contributed by atoms with Crippen LogP contribution in [0.2, 0.25) is 0 Å². The van der Waals surface area contributed by atoms with Crippen LogP contribution in [0.25, 0.3) is 22.3 Å². The van der Waals surface area contributed by atoms with E-state index in [-0.39, 0.29) is 17.6 Å². The molecule has 130 valence electrons. The summed E-state index contributed by atoms with van der Waals surface area (Å²) >= 11 is 0. The lowest BCUT2D eigenvalue weighted by Gasteiger charge is -2.13. The highest BCUT2D eigenvalue weighted by Crippen LogP contribution is 2.22. The SMILES string of the molecule is CCc1ccc(-c2[nH]c(=O)nc3c2c(=O)n(CC)c(=O)n3CC)cc1. The average Bonchev–Trinajstić information content (AvgIpc) is 2.61. The normalized spacial score (nSPS) is 11.2. The summed E-state index contributed by atoms with van der Waals surface area (Å²) < 4.78 is 2.52.